The average molecular weight is 147 g/mol. The van der Waals surface area contributed by atoms with Crippen molar-refractivity contribution in [2.45, 2.75) is 26.2 Å². The molecule has 0 amide bonds. The van der Waals surface area contributed by atoms with Crippen molar-refractivity contribution in [3.05, 3.63) is 0 Å². The van der Waals surface area contributed by atoms with Gasteiger partial charge in [-0.1, -0.05) is 19.8 Å². The van der Waals surface area contributed by atoms with E-state index in [1.807, 2.05) is 0 Å². The second-order valence-electron chi connectivity index (χ2n) is 2.17. The SMILES string of the molecule is CCCCCONCCO. The molecule has 0 aliphatic heterocycles. The van der Waals surface area contributed by atoms with Crippen LogP contribution in [0.2, 0.25) is 0 Å². The van der Waals surface area contributed by atoms with Crippen molar-refractivity contribution in [3.63, 3.8) is 0 Å². The molecule has 2 N–H and O–H groups in total. The van der Waals surface area contributed by atoms with Gasteiger partial charge >= 0.3 is 0 Å². The molecule has 3 nitrogen and oxygen atoms in total. The summed E-state index contributed by atoms with van der Waals surface area (Å²) in [5.41, 5.74) is 2.64. The monoisotopic (exact) mass is 147 g/mol. The first-order valence-electron chi connectivity index (χ1n) is 3.87. The quantitative estimate of drug-likeness (QED) is 0.411. The van der Waals surface area contributed by atoms with Crippen LogP contribution >= 0.6 is 0 Å². The first kappa shape index (κ1) is 9.88. The van der Waals surface area contributed by atoms with E-state index in [9.17, 15) is 0 Å². The van der Waals surface area contributed by atoms with Crippen LogP contribution in [0.5, 0.6) is 0 Å². The van der Waals surface area contributed by atoms with E-state index < -0.39 is 0 Å². The minimum atomic E-state index is 0.133. The van der Waals surface area contributed by atoms with Crippen molar-refractivity contribution in [2.24, 2.45) is 0 Å². The minimum Gasteiger partial charge on any atom is -0.395 e. The van der Waals surface area contributed by atoms with E-state index in [1.165, 1.54) is 12.8 Å². The molecule has 0 saturated heterocycles. The number of aliphatic hydroxyl groups is 1. The molecule has 0 saturated carbocycles. The molecule has 0 bridgehead atoms. The first-order valence-corrected chi connectivity index (χ1v) is 3.87. The summed E-state index contributed by atoms with van der Waals surface area (Å²) < 4.78 is 0. The van der Waals surface area contributed by atoms with E-state index in [0.717, 1.165) is 13.0 Å². The fourth-order valence-electron chi connectivity index (χ4n) is 0.614. The Hall–Kier alpha value is -0.120. The van der Waals surface area contributed by atoms with Gasteiger partial charge < -0.3 is 9.94 Å². The van der Waals surface area contributed by atoms with E-state index in [0.29, 0.717) is 6.54 Å². The zero-order chi connectivity index (χ0) is 7.66. The summed E-state index contributed by atoms with van der Waals surface area (Å²) in [5.74, 6) is 0. The maximum Gasteiger partial charge on any atom is 0.0682 e. The first-order chi connectivity index (χ1) is 4.91. The lowest BCUT2D eigenvalue weighted by molar-refractivity contribution is 0.0299. The molecule has 62 valence electrons. The zero-order valence-corrected chi connectivity index (χ0v) is 6.60. The van der Waals surface area contributed by atoms with Gasteiger partial charge in [-0.05, 0) is 6.42 Å². The van der Waals surface area contributed by atoms with E-state index in [4.69, 9.17) is 9.94 Å². The number of nitrogens with one attached hydrogen (secondary N) is 1. The molecule has 0 atom stereocenters. The van der Waals surface area contributed by atoms with Crippen LogP contribution in [0.15, 0.2) is 0 Å². The van der Waals surface area contributed by atoms with Gasteiger partial charge in [0.1, 0.15) is 0 Å². The van der Waals surface area contributed by atoms with Gasteiger partial charge in [0, 0.05) is 6.54 Å². The predicted molar refractivity (Wildman–Crippen MR) is 40.6 cm³/mol. The van der Waals surface area contributed by atoms with Crippen molar-refractivity contribution in [1.29, 1.82) is 0 Å². The van der Waals surface area contributed by atoms with Crippen LogP contribution in [0.25, 0.3) is 0 Å². The van der Waals surface area contributed by atoms with E-state index in [1.54, 1.807) is 0 Å². The molecule has 0 aromatic rings. The lowest BCUT2D eigenvalue weighted by Crippen LogP contribution is -2.19. The van der Waals surface area contributed by atoms with Crippen molar-refractivity contribution < 1.29 is 9.94 Å². The molecule has 0 heterocycles. The second-order valence-corrected chi connectivity index (χ2v) is 2.17. The molecule has 0 unspecified atom stereocenters. The smallest absolute Gasteiger partial charge is 0.0682 e. The van der Waals surface area contributed by atoms with Crippen LogP contribution in [0.4, 0.5) is 0 Å². The van der Waals surface area contributed by atoms with Crippen molar-refractivity contribution >= 4 is 0 Å². The van der Waals surface area contributed by atoms with Crippen LogP contribution in [0.3, 0.4) is 0 Å². The van der Waals surface area contributed by atoms with Gasteiger partial charge in [0.15, 0.2) is 0 Å². The lowest BCUT2D eigenvalue weighted by atomic mass is 10.3. The third-order valence-electron chi connectivity index (χ3n) is 1.17. The number of hydrogen-bond donors (Lipinski definition) is 2. The van der Waals surface area contributed by atoms with Gasteiger partial charge in [-0.2, -0.15) is 0 Å². The molecule has 0 aromatic carbocycles. The molecule has 0 spiro atoms. The van der Waals surface area contributed by atoms with E-state index >= 15 is 0 Å². The van der Waals surface area contributed by atoms with Gasteiger partial charge in [0.25, 0.3) is 0 Å². The summed E-state index contributed by atoms with van der Waals surface area (Å²) in [6.07, 6.45) is 3.51. The van der Waals surface area contributed by atoms with Gasteiger partial charge in [-0.3, -0.25) is 0 Å². The maximum absolute atomic E-state index is 8.33. The fourth-order valence-corrected chi connectivity index (χ4v) is 0.614. The summed E-state index contributed by atoms with van der Waals surface area (Å²) in [7, 11) is 0. The number of unbranched alkanes of at least 4 members (excludes halogenated alkanes) is 2. The summed E-state index contributed by atoms with van der Waals surface area (Å²) in [5, 5.41) is 8.33. The molecule has 0 aliphatic rings. The third kappa shape index (κ3) is 7.88. The zero-order valence-electron chi connectivity index (χ0n) is 6.60. The van der Waals surface area contributed by atoms with E-state index in [-0.39, 0.29) is 6.61 Å². The minimum absolute atomic E-state index is 0.133. The Kier molecular flexibility index (Phi) is 8.77. The standard InChI is InChI=1S/C7H17NO2/c1-2-3-4-7-10-8-5-6-9/h8-9H,2-7H2,1H3. The summed E-state index contributed by atoms with van der Waals surface area (Å²) >= 11 is 0. The van der Waals surface area contributed by atoms with Gasteiger partial charge in [-0.15, -0.1) is 0 Å². The predicted octanol–water partition coefficient (Wildman–Crippen LogP) is 0.690. The second kappa shape index (κ2) is 8.88. The topological polar surface area (TPSA) is 41.5 Å². The van der Waals surface area contributed by atoms with Crippen molar-refractivity contribution in [1.82, 2.24) is 5.48 Å². The molecular weight excluding hydrogens is 130 g/mol. The highest BCUT2D eigenvalue weighted by Crippen LogP contribution is 1.92. The third-order valence-corrected chi connectivity index (χ3v) is 1.17. The Morgan fingerprint density at radius 3 is 2.80 bits per heavy atom. The highest BCUT2D eigenvalue weighted by Gasteiger charge is 1.85. The lowest BCUT2D eigenvalue weighted by Gasteiger charge is -2.02. The molecule has 0 rings (SSSR count). The van der Waals surface area contributed by atoms with Gasteiger partial charge in [0.05, 0.1) is 13.2 Å². The van der Waals surface area contributed by atoms with Gasteiger partial charge in [0.2, 0.25) is 0 Å². The fraction of sp³-hybridized carbons (Fsp3) is 1.00. The van der Waals surface area contributed by atoms with Gasteiger partial charge in [-0.25, -0.2) is 5.48 Å². The average Bonchev–Trinajstić information content (AvgIpc) is 1.97. The Balaban J connectivity index is 2.65. The molecule has 0 aromatic heterocycles. The molecule has 10 heavy (non-hydrogen) atoms. The van der Waals surface area contributed by atoms with Crippen molar-refractivity contribution in [3.8, 4) is 0 Å². The van der Waals surface area contributed by atoms with E-state index in [2.05, 4.69) is 12.4 Å². The number of aliphatic hydroxyl groups excluding tert-OH is 1. The Labute approximate surface area is 62.3 Å². The normalized spacial score (nSPS) is 10.2. The molecular formula is C7H17NO2. The van der Waals surface area contributed by atoms with Crippen LogP contribution in [0.1, 0.15) is 26.2 Å². The van der Waals surface area contributed by atoms with Crippen LogP contribution in [-0.4, -0.2) is 24.9 Å². The highest BCUT2D eigenvalue weighted by molar-refractivity contribution is 4.34. The Morgan fingerprint density at radius 2 is 2.20 bits per heavy atom. The summed E-state index contributed by atoms with van der Waals surface area (Å²) in [6.45, 7) is 3.55. The Morgan fingerprint density at radius 1 is 1.40 bits per heavy atom. The summed E-state index contributed by atoms with van der Waals surface area (Å²) in [4.78, 5) is 4.97. The molecule has 0 aliphatic carbocycles. The maximum atomic E-state index is 8.33. The van der Waals surface area contributed by atoms with Crippen LogP contribution in [-0.2, 0) is 4.84 Å². The number of rotatable bonds is 7. The molecule has 0 radical (unpaired) electrons. The largest absolute Gasteiger partial charge is 0.395 e. The number of hydroxylamine groups is 1. The van der Waals surface area contributed by atoms with Crippen LogP contribution < -0.4 is 5.48 Å². The van der Waals surface area contributed by atoms with Crippen LogP contribution in [0, 0.1) is 0 Å². The van der Waals surface area contributed by atoms with Crippen molar-refractivity contribution in [2.75, 3.05) is 19.8 Å². The molecule has 0 fully saturated rings. The highest BCUT2D eigenvalue weighted by atomic mass is 16.6. The summed E-state index contributed by atoms with van der Waals surface area (Å²) in [6, 6.07) is 0. The Bertz CT molecular complexity index is 51.6. The number of hydrogen-bond acceptors (Lipinski definition) is 3. The molecule has 3 heteroatoms.